The van der Waals surface area contributed by atoms with Crippen LogP contribution in [0.2, 0.25) is 0 Å². The molecular weight excluding hydrogens is 386 g/mol. The Morgan fingerprint density at radius 3 is 2.63 bits per heavy atom. The summed E-state index contributed by atoms with van der Waals surface area (Å²) in [6.45, 7) is 1.66. The molecule has 0 saturated carbocycles. The van der Waals surface area contributed by atoms with Crippen LogP contribution in [-0.4, -0.2) is 78.1 Å². The number of likely N-dealkylation sites (tertiary alicyclic amines) is 1. The van der Waals surface area contributed by atoms with E-state index >= 15 is 0 Å². The number of piperidine rings is 1. The first kappa shape index (κ1) is 21.7. The number of likely N-dealkylation sites (N-methyl/N-ethyl adjacent to an activating group) is 1. The van der Waals surface area contributed by atoms with Gasteiger partial charge in [-0.05, 0) is 39.1 Å². The van der Waals surface area contributed by atoms with E-state index in [9.17, 15) is 9.59 Å². The first-order chi connectivity index (χ1) is 14.4. The van der Waals surface area contributed by atoms with Gasteiger partial charge < -0.3 is 19.6 Å². The van der Waals surface area contributed by atoms with Crippen LogP contribution in [0.3, 0.4) is 0 Å². The normalized spacial score (nSPS) is 20.0. The van der Waals surface area contributed by atoms with Crippen molar-refractivity contribution in [2.75, 3.05) is 33.7 Å². The van der Waals surface area contributed by atoms with Gasteiger partial charge in [-0.3, -0.25) is 19.4 Å². The lowest BCUT2D eigenvalue weighted by molar-refractivity contribution is -0.150. The number of cyclic esters (lactones) is 1. The summed E-state index contributed by atoms with van der Waals surface area (Å²) in [5.41, 5.74) is 1.08. The van der Waals surface area contributed by atoms with Crippen LogP contribution < -0.4 is 0 Å². The topological polar surface area (TPSA) is 100 Å². The van der Waals surface area contributed by atoms with Crippen LogP contribution in [0.1, 0.15) is 29.6 Å². The number of fused-ring (bicyclic) bond motifs is 1. The number of nitrogens with zero attached hydrogens (tertiary/aromatic N) is 3. The Morgan fingerprint density at radius 1 is 1.30 bits per heavy atom. The number of carbonyl (C=O) groups excluding carboxylic acids is 2. The number of ether oxygens (including phenoxy) is 1. The zero-order valence-electron chi connectivity index (χ0n) is 17.3. The summed E-state index contributed by atoms with van der Waals surface area (Å²) in [7, 11) is 3.97. The molecule has 8 heteroatoms. The maximum Gasteiger partial charge on any atom is 0.312 e. The van der Waals surface area contributed by atoms with Crippen LogP contribution in [0.25, 0.3) is 10.9 Å². The van der Waals surface area contributed by atoms with Crippen LogP contribution in [0.4, 0.5) is 0 Å². The van der Waals surface area contributed by atoms with Gasteiger partial charge in [0.2, 0.25) is 0 Å². The summed E-state index contributed by atoms with van der Waals surface area (Å²) in [5.74, 6) is -0.0736. The van der Waals surface area contributed by atoms with Crippen LogP contribution in [0.5, 0.6) is 0 Å². The molecule has 1 spiro atoms. The third kappa shape index (κ3) is 4.43. The molecule has 3 heterocycles. The second-order valence-corrected chi connectivity index (χ2v) is 8.05. The Morgan fingerprint density at radius 2 is 1.97 bits per heavy atom. The number of amides is 1. The molecule has 2 saturated heterocycles. The van der Waals surface area contributed by atoms with E-state index in [4.69, 9.17) is 14.6 Å². The summed E-state index contributed by atoms with van der Waals surface area (Å²) in [6.07, 6.45) is 3.74. The summed E-state index contributed by atoms with van der Waals surface area (Å²) >= 11 is 0. The molecule has 2 aromatic rings. The van der Waals surface area contributed by atoms with E-state index < -0.39 is 5.41 Å². The predicted molar refractivity (Wildman–Crippen MR) is 111 cm³/mol. The molecule has 1 aromatic carbocycles. The first-order valence-electron chi connectivity index (χ1n) is 9.97. The minimum Gasteiger partial charge on any atom is -0.483 e. The molecule has 2 fully saturated rings. The highest BCUT2D eigenvalue weighted by atomic mass is 16.6. The van der Waals surface area contributed by atoms with Crippen LogP contribution >= 0.6 is 0 Å². The van der Waals surface area contributed by atoms with Gasteiger partial charge in [-0.1, -0.05) is 18.2 Å². The number of esters is 1. The molecule has 0 aliphatic carbocycles. The number of rotatable bonds is 3. The van der Waals surface area contributed by atoms with Crippen molar-refractivity contribution < 1.29 is 24.2 Å². The molecular formula is C22H27N3O5. The Balaban J connectivity index is 0.000000806. The van der Waals surface area contributed by atoms with E-state index in [0.717, 1.165) is 23.9 Å². The number of para-hydroxylation sites is 1. The standard InChI is InChI=1S/C21H25N3O3.CH2O2/c1-23(2)14-15-13-21(20(26)27-15)8-11-24(12-9-21)19(25)17-7-10-22-18-6-4-3-5-16(17)18;2-1-3/h3-7,10,15H,8-9,11-14H2,1-2H3;1H,(H,2,3). The highest BCUT2D eigenvalue weighted by Crippen LogP contribution is 2.43. The average Bonchev–Trinajstić information content (AvgIpc) is 3.02. The van der Waals surface area contributed by atoms with Crippen molar-refractivity contribution in [1.29, 1.82) is 0 Å². The van der Waals surface area contributed by atoms with E-state index in [-0.39, 0.29) is 24.5 Å². The number of hydrogen-bond acceptors (Lipinski definition) is 6. The Labute approximate surface area is 175 Å². The van der Waals surface area contributed by atoms with Gasteiger partial charge in [-0.15, -0.1) is 0 Å². The fourth-order valence-corrected chi connectivity index (χ4v) is 4.35. The largest absolute Gasteiger partial charge is 0.483 e. The van der Waals surface area contributed by atoms with E-state index in [1.807, 2.05) is 48.2 Å². The highest BCUT2D eigenvalue weighted by molar-refractivity contribution is 6.06. The molecule has 160 valence electrons. The molecule has 0 bridgehead atoms. The smallest absolute Gasteiger partial charge is 0.312 e. The molecule has 1 atom stereocenters. The fraction of sp³-hybridized carbons (Fsp3) is 0.455. The number of benzene rings is 1. The molecule has 8 nitrogen and oxygen atoms in total. The zero-order chi connectivity index (χ0) is 21.7. The van der Waals surface area contributed by atoms with Crippen molar-refractivity contribution in [2.24, 2.45) is 5.41 Å². The lowest BCUT2D eigenvalue weighted by Gasteiger charge is -2.36. The molecule has 2 aliphatic heterocycles. The summed E-state index contributed by atoms with van der Waals surface area (Å²) < 4.78 is 5.61. The molecule has 4 rings (SSSR count). The second kappa shape index (κ2) is 9.21. The summed E-state index contributed by atoms with van der Waals surface area (Å²) in [4.78, 5) is 42.2. The van der Waals surface area contributed by atoms with Crippen molar-refractivity contribution in [3.05, 3.63) is 42.1 Å². The molecule has 1 N–H and O–H groups in total. The SMILES string of the molecule is CN(C)CC1CC2(CCN(C(=O)c3ccnc4ccccc34)CC2)C(=O)O1.O=CO. The van der Waals surface area contributed by atoms with Crippen molar-refractivity contribution in [3.8, 4) is 0 Å². The van der Waals surface area contributed by atoms with Gasteiger partial charge in [0.15, 0.2) is 0 Å². The zero-order valence-corrected chi connectivity index (χ0v) is 17.3. The van der Waals surface area contributed by atoms with Gasteiger partial charge in [-0.2, -0.15) is 0 Å². The van der Waals surface area contributed by atoms with Crippen LogP contribution in [0.15, 0.2) is 36.5 Å². The molecule has 1 amide bonds. The van der Waals surface area contributed by atoms with E-state index in [1.54, 1.807) is 12.3 Å². The van der Waals surface area contributed by atoms with Gasteiger partial charge in [-0.25, -0.2) is 0 Å². The molecule has 30 heavy (non-hydrogen) atoms. The Hall–Kier alpha value is -3.00. The number of carbonyl (C=O) groups is 3. The average molecular weight is 413 g/mol. The van der Waals surface area contributed by atoms with Gasteiger partial charge >= 0.3 is 5.97 Å². The van der Waals surface area contributed by atoms with E-state index in [2.05, 4.69) is 4.98 Å². The van der Waals surface area contributed by atoms with Gasteiger partial charge in [0, 0.05) is 37.6 Å². The predicted octanol–water partition coefficient (Wildman–Crippen LogP) is 2.04. The monoisotopic (exact) mass is 413 g/mol. The Bertz CT molecular complexity index is 917. The van der Waals surface area contributed by atoms with Crippen molar-refractivity contribution >= 4 is 29.3 Å². The highest BCUT2D eigenvalue weighted by Gasteiger charge is 2.50. The third-order valence-corrected chi connectivity index (χ3v) is 5.78. The summed E-state index contributed by atoms with van der Waals surface area (Å²) in [5, 5.41) is 7.76. The van der Waals surface area contributed by atoms with Crippen molar-refractivity contribution in [3.63, 3.8) is 0 Å². The van der Waals surface area contributed by atoms with Gasteiger partial charge in [0.25, 0.3) is 12.4 Å². The number of carboxylic acid groups (broad SMARTS) is 1. The maximum absolute atomic E-state index is 13.1. The minimum absolute atomic E-state index is 0.0136. The molecule has 2 aliphatic rings. The molecule has 0 radical (unpaired) electrons. The third-order valence-electron chi connectivity index (χ3n) is 5.78. The molecule has 1 aromatic heterocycles. The lowest BCUT2D eigenvalue weighted by Crippen LogP contribution is -2.45. The summed E-state index contributed by atoms with van der Waals surface area (Å²) in [6, 6.07) is 9.47. The number of hydrogen-bond donors (Lipinski definition) is 1. The van der Waals surface area contributed by atoms with Crippen LogP contribution in [-0.2, 0) is 14.3 Å². The second-order valence-electron chi connectivity index (χ2n) is 8.05. The van der Waals surface area contributed by atoms with Crippen molar-refractivity contribution in [2.45, 2.75) is 25.4 Å². The lowest BCUT2D eigenvalue weighted by atomic mass is 9.76. The Kier molecular flexibility index (Phi) is 6.66. The fourth-order valence-electron chi connectivity index (χ4n) is 4.35. The van der Waals surface area contributed by atoms with Gasteiger partial charge in [0.05, 0.1) is 16.5 Å². The van der Waals surface area contributed by atoms with Crippen molar-refractivity contribution in [1.82, 2.24) is 14.8 Å². The number of pyridine rings is 1. The maximum atomic E-state index is 13.1. The number of aromatic nitrogens is 1. The van der Waals surface area contributed by atoms with E-state index in [1.165, 1.54) is 0 Å². The minimum atomic E-state index is -0.419. The first-order valence-corrected chi connectivity index (χ1v) is 9.97. The quantitative estimate of drug-likeness (QED) is 0.607. The molecule has 1 unspecified atom stereocenters. The van der Waals surface area contributed by atoms with Crippen LogP contribution in [0, 0.1) is 5.41 Å². The van der Waals surface area contributed by atoms with Gasteiger partial charge in [0.1, 0.15) is 6.10 Å². The van der Waals surface area contributed by atoms with E-state index in [0.29, 0.717) is 31.5 Å².